The molecule has 27 heavy (non-hydrogen) atoms. The minimum Gasteiger partial charge on any atom is -0.444 e. The average Bonchev–Trinajstić information content (AvgIpc) is 3.30. The van der Waals surface area contributed by atoms with Crippen molar-refractivity contribution in [1.82, 2.24) is 15.3 Å². The van der Waals surface area contributed by atoms with Gasteiger partial charge in [-0.25, -0.2) is 14.8 Å². The normalized spacial score (nSPS) is 13.9. The third-order valence-corrected chi connectivity index (χ3v) is 3.98. The van der Waals surface area contributed by atoms with Crippen LogP contribution in [0.5, 0.6) is 0 Å². The molecule has 1 fully saturated rings. The molecule has 1 aliphatic rings. The van der Waals surface area contributed by atoms with Gasteiger partial charge in [0.25, 0.3) is 5.91 Å². The van der Waals surface area contributed by atoms with Gasteiger partial charge < -0.3 is 14.5 Å². The molecule has 0 radical (unpaired) electrons. The maximum absolute atomic E-state index is 12.7. The highest BCUT2D eigenvalue weighted by Crippen LogP contribution is 2.32. The fraction of sp³-hybridized carbons (Fsp3) is 0.474. The third kappa shape index (κ3) is 4.84. The first-order valence-corrected chi connectivity index (χ1v) is 8.91. The Bertz CT molecular complexity index is 836. The van der Waals surface area contributed by atoms with E-state index < -0.39 is 11.7 Å². The number of ether oxygens (including phenoxy) is 1. The largest absolute Gasteiger partial charge is 0.444 e. The second kappa shape index (κ2) is 7.38. The molecule has 2 aromatic rings. The van der Waals surface area contributed by atoms with Crippen molar-refractivity contribution in [1.29, 1.82) is 0 Å². The van der Waals surface area contributed by atoms with Crippen LogP contribution in [0.3, 0.4) is 0 Å². The quantitative estimate of drug-likeness (QED) is 0.865. The Balaban J connectivity index is 1.87. The number of nitrogens with one attached hydrogen (secondary N) is 1. The van der Waals surface area contributed by atoms with Crippen molar-refractivity contribution in [3.8, 4) is 11.5 Å². The van der Waals surface area contributed by atoms with Crippen molar-refractivity contribution in [2.75, 3.05) is 18.5 Å². The van der Waals surface area contributed by atoms with Crippen LogP contribution in [-0.2, 0) is 4.74 Å². The summed E-state index contributed by atoms with van der Waals surface area (Å²) in [5.74, 6) is 0.883. The predicted octanol–water partition coefficient (Wildman–Crippen LogP) is 3.25. The summed E-state index contributed by atoms with van der Waals surface area (Å²) in [6.07, 6.45) is 4.63. The number of aromatic nitrogens is 2. The zero-order chi connectivity index (χ0) is 19.6. The van der Waals surface area contributed by atoms with E-state index in [1.165, 1.54) is 13.3 Å². The fourth-order valence-corrected chi connectivity index (χ4v) is 2.47. The Morgan fingerprint density at radius 2 is 2.11 bits per heavy atom. The lowest BCUT2D eigenvalue weighted by atomic mass is 10.2. The molecule has 0 atom stereocenters. The van der Waals surface area contributed by atoms with Gasteiger partial charge in [-0.05, 0) is 51.7 Å². The van der Waals surface area contributed by atoms with E-state index in [9.17, 15) is 9.59 Å². The van der Waals surface area contributed by atoms with Crippen molar-refractivity contribution in [3.63, 3.8) is 0 Å². The van der Waals surface area contributed by atoms with Crippen molar-refractivity contribution < 1.29 is 18.7 Å². The van der Waals surface area contributed by atoms with Crippen LogP contribution in [0.25, 0.3) is 11.5 Å². The molecule has 1 saturated carbocycles. The number of carbonyl (C=O) groups excluding carboxylic acids is 2. The number of hydrogen-bond donors (Lipinski definition) is 1. The van der Waals surface area contributed by atoms with Gasteiger partial charge in [0.1, 0.15) is 17.7 Å². The van der Waals surface area contributed by atoms with Gasteiger partial charge in [0.2, 0.25) is 5.89 Å². The lowest BCUT2D eigenvalue weighted by Gasteiger charge is -2.27. The van der Waals surface area contributed by atoms with E-state index in [1.807, 2.05) is 20.8 Å². The Kier molecular flexibility index (Phi) is 5.16. The smallest absolute Gasteiger partial charge is 0.416 e. The predicted molar refractivity (Wildman–Crippen MR) is 99.4 cm³/mol. The van der Waals surface area contributed by atoms with Crippen molar-refractivity contribution in [3.05, 3.63) is 30.3 Å². The Hall–Kier alpha value is -2.90. The zero-order valence-corrected chi connectivity index (χ0v) is 16.0. The van der Waals surface area contributed by atoms with Crippen LogP contribution in [-0.4, -0.2) is 41.2 Å². The molecule has 3 rings (SSSR count). The average molecular weight is 372 g/mol. The van der Waals surface area contributed by atoms with Gasteiger partial charge in [0.15, 0.2) is 5.69 Å². The molecule has 0 bridgehead atoms. The number of nitrogens with zero attached hydrogens (tertiary/aromatic N) is 3. The van der Waals surface area contributed by atoms with Crippen molar-refractivity contribution in [2.24, 2.45) is 5.92 Å². The number of amides is 2. The lowest BCUT2D eigenvalue weighted by Crippen LogP contribution is -2.38. The Labute approximate surface area is 157 Å². The van der Waals surface area contributed by atoms with E-state index in [0.717, 1.165) is 12.8 Å². The molecule has 0 aromatic carbocycles. The van der Waals surface area contributed by atoms with Crippen LogP contribution in [0.4, 0.5) is 10.6 Å². The molecule has 144 valence electrons. The number of oxazole rings is 1. The molecule has 2 heterocycles. The number of rotatable bonds is 5. The monoisotopic (exact) mass is 372 g/mol. The van der Waals surface area contributed by atoms with Crippen LogP contribution in [0.15, 0.2) is 29.0 Å². The van der Waals surface area contributed by atoms with E-state index in [1.54, 1.807) is 23.2 Å². The van der Waals surface area contributed by atoms with Crippen LogP contribution < -0.4 is 10.2 Å². The Morgan fingerprint density at radius 1 is 1.37 bits per heavy atom. The first-order valence-electron chi connectivity index (χ1n) is 8.91. The standard InChI is InChI=1S/C19H24N4O4/c1-19(2,3)27-18(25)23(10-12-5-6-12)15-9-13(7-8-21-15)17-22-14(11-26-17)16(24)20-4/h7-9,11-12H,5-6,10H2,1-4H3,(H,20,24). The molecule has 0 saturated heterocycles. The van der Waals surface area contributed by atoms with Gasteiger partial charge in [-0.3, -0.25) is 9.69 Å². The van der Waals surface area contributed by atoms with E-state index >= 15 is 0 Å². The highest BCUT2D eigenvalue weighted by atomic mass is 16.6. The molecular formula is C19H24N4O4. The molecular weight excluding hydrogens is 348 g/mol. The SMILES string of the molecule is CNC(=O)c1coc(-c2ccnc(N(CC3CC3)C(=O)OC(C)(C)C)c2)n1. The van der Waals surface area contributed by atoms with E-state index in [2.05, 4.69) is 15.3 Å². The summed E-state index contributed by atoms with van der Waals surface area (Å²) in [6.45, 7) is 6.05. The summed E-state index contributed by atoms with van der Waals surface area (Å²) >= 11 is 0. The van der Waals surface area contributed by atoms with Gasteiger partial charge in [-0.1, -0.05) is 0 Å². The minimum absolute atomic E-state index is 0.188. The summed E-state index contributed by atoms with van der Waals surface area (Å²) in [5.41, 5.74) is 0.217. The summed E-state index contributed by atoms with van der Waals surface area (Å²) in [5, 5.41) is 2.50. The molecule has 0 aliphatic heterocycles. The second-order valence-electron chi connectivity index (χ2n) is 7.55. The molecule has 0 spiro atoms. The zero-order valence-electron chi connectivity index (χ0n) is 16.0. The van der Waals surface area contributed by atoms with E-state index in [0.29, 0.717) is 23.8 Å². The molecule has 1 N–H and O–H groups in total. The molecule has 8 nitrogen and oxygen atoms in total. The first-order chi connectivity index (χ1) is 12.8. The molecule has 0 unspecified atom stereocenters. The highest BCUT2D eigenvalue weighted by molar-refractivity contribution is 5.92. The first kappa shape index (κ1) is 18.9. The van der Waals surface area contributed by atoms with Crippen LogP contribution in [0, 0.1) is 5.92 Å². The topological polar surface area (TPSA) is 97.6 Å². The van der Waals surface area contributed by atoms with E-state index in [-0.39, 0.29) is 17.5 Å². The van der Waals surface area contributed by atoms with E-state index in [4.69, 9.17) is 9.15 Å². The van der Waals surface area contributed by atoms with Crippen molar-refractivity contribution >= 4 is 17.8 Å². The maximum Gasteiger partial charge on any atom is 0.416 e. The third-order valence-electron chi connectivity index (χ3n) is 3.98. The summed E-state index contributed by atoms with van der Waals surface area (Å²) in [4.78, 5) is 34.4. The lowest BCUT2D eigenvalue weighted by molar-refractivity contribution is 0.0577. The van der Waals surface area contributed by atoms with Crippen LogP contribution >= 0.6 is 0 Å². The number of carbonyl (C=O) groups is 2. The van der Waals surface area contributed by atoms with Crippen LogP contribution in [0.2, 0.25) is 0 Å². The highest BCUT2D eigenvalue weighted by Gasteiger charge is 2.31. The maximum atomic E-state index is 12.7. The number of pyridine rings is 1. The van der Waals surface area contributed by atoms with Gasteiger partial charge in [0, 0.05) is 25.4 Å². The summed E-state index contributed by atoms with van der Waals surface area (Å²) in [7, 11) is 1.53. The fourth-order valence-electron chi connectivity index (χ4n) is 2.47. The van der Waals surface area contributed by atoms with Gasteiger partial charge in [-0.2, -0.15) is 0 Å². The number of hydrogen-bond acceptors (Lipinski definition) is 6. The van der Waals surface area contributed by atoms with Gasteiger partial charge in [-0.15, -0.1) is 0 Å². The molecule has 1 aliphatic carbocycles. The van der Waals surface area contributed by atoms with Gasteiger partial charge >= 0.3 is 6.09 Å². The summed E-state index contributed by atoms with van der Waals surface area (Å²) in [6, 6.07) is 3.43. The minimum atomic E-state index is -0.596. The van der Waals surface area contributed by atoms with Gasteiger partial charge in [0.05, 0.1) is 0 Å². The number of anilines is 1. The molecule has 2 aromatic heterocycles. The van der Waals surface area contributed by atoms with Crippen LogP contribution in [0.1, 0.15) is 44.1 Å². The summed E-state index contributed by atoms with van der Waals surface area (Å²) < 4.78 is 10.9. The molecule has 8 heteroatoms. The second-order valence-corrected chi connectivity index (χ2v) is 7.55. The Morgan fingerprint density at radius 3 is 2.74 bits per heavy atom. The molecule has 2 amide bonds. The van der Waals surface area contributed by atoms with Crippen molar-refractivity contribution in [2.45, 2.75) is 39.2 Å².